The quantitative estimate of drug-likeness (QED) is 0.520. The second-order valence-electron chi connectivity index (χ2n) is 2.99. The van der Waals surface area contributed by atoms with Gasteiger partial charge in [0.1, 0.15) is 17.4 Å². The Kier molecular flexibility index (Phi) is 2.85. The van der Waals surface area contributed by atoms with Crippen molar-refractivity contribution in [2.75, 3.05) is 10.7 Å². The van der Waals surface area contributed by atoms with Crippen LogP contribution < -0.4 is 16.6 Å². The molecule has 2 heterocycles. The van der Waals surface area contributed by atoms with Crippen LogP contribution in [0.15, 0.2) is 41.0 Å². The molecule has 0 aromatic carbocycles. The number of nitrogens with one attached hydrogen (secondary N) is 2. The molecule has 5 heteroatoms. The topological polar surface area (TPSA) is 76.1 Å². The van der Waals surface area contributed by atoms with Crippen molar-refractivity contribution in [3.05, 3.63) is 42.4 Å². The summed E-state index contributed by atoms with van der Waals surface area (Å²) in [5.74, 6) is 7.49. The average molecular weight is 204 g/mol. The highest BCUT2D eigenvalue weighted by Crippen LogP contribution is 2.09. The molecule has 0 fully saturated rings. The molecule has 2 aromatic heterocycles. The average Bonchev–Trinajstić information content (AvgIpc) is 2.79. The molecule has 0 atom stereocenters. The molecular weight excluding hydrogens is 192 g/mol. The van der Waals surface area contributed by atoms with Gasteiger partial charge in [0.05, 0.1) is 12.8 Å². The molecule has 0 unspecified atom stereocenters. The number of anilines is 2. The van der Waals surface area contributed by atoms with Crippen LogP contribution in [0.3, 0.4) is 0 Å². The molecule has 0 bridgehead atoms. The first-order valence-corrected chi connectivity index (χ1v) is 4.58. The van der Waals surface area contributed by atoms with E-state index in [0.717, 1.165) is 11.6 Å². The van der Waals surface area contributed by atoms with Crippen molar-refractivity contribution in [1.29, 1.82) is 0 Å². The van der Waals surface area contributed by atoms with Crippen molar-refractivity contribution in [2.24, 2.45) is 5.84 Å². The van der Waals surface area contributed by atoms with Crippen LogP contribution in [0.1, 0.15) is 5.76 Å². The molecule has 5 nitrogen and oxygen atoms in total. The normalized spacial score (nSPS) is 9.93. The monoisotopic (exact) mass is 204 g/mol. The highest BCUT2D eigenvalue weighted by atomic mass is 16.3. The Labute approximate surface area is 87.3 Å². The Morgan fingerprint density at radius 2 is 2.07 bits per heavy atom. The predicted molar refractivity (Wildman–Crippen MR) is 58.1 cm³/mol. The summed E-state index contributed by atoms with van der Waals surface area (Å²) in [6.45, 7) is 0.605. The van der Waals surface area contributed by atoms with E-state index in [-0.39, 0.29) is 0 Å². The Bertz CT molecular complexity index is 413. The van der Waals surface area contributed by atoms with Gasteiger partial charge in [-0.05, 0) is 24.3 Å². The van der Waals surface area contributed by atoms with Crippen LogP contribution in [0.5, 0.6) is 0 Å². The maximum atomic E-state index is 5.25. The fourth-order valence-corrected chi connectivity index (χ4v) is 1.20. The first-order chi connectivity index (χ1) is 7.38. The Hall–Kier alpha value is -2.01. The largest absolute Gasteiger partial charge is 0.467 e. The minimum Gasteiger partial charge on any atom is -0.467 e. The summed E-state index contributed by atoms with van der Waals surface area (Å²) < 4.78 is 5.18. The van der Waals surface area contributed by atoms with E-state index in [2.05, 4.69) is 15.7 Å². The smallest absolute Gasteiger partial charge is 0.142 e. The fraction of sp³-hybridized carbons (Fsp3) is 0.100. The van der Waals surface area contributed by atoms with Crippen molar-refractivity contribution in [1.82, 2.24) is 4.98 Å². The summed E-state index contributed by atoms with van der Waals surface area (Å²) in [7, 11) is 0. The molecule has 78 valence electrons. The van der Waals surface area contributed by atoms with Gasteiger partial charge in [0.2, 0.25) is 0 Å². The highest BCUT2D eigenvalue weighted by Gasteiger charge is 1.97. The molecule has 4 N–H and O–H groups in total. The van der Waals surface area contributed by atoms with Crippen LogP contribution in [0.4, 0.5) is 11.6 Å². The van der Waals surface area contributed by atoms with E-state index >= 15 is 0 Å². The summed E-state index contributed by atoms with van der Waals surface area (Å²) in [6.07, 6.45) is 1.64. The van der Waals surface area contributed by atoms with E-state index < -0.39 is 0 Å². The third-order valence-electron chi connectivity index (χ3n) is 1.92. The van der Waals surface area contributed by atoms with E-state index in [1.165, 1.54) is 0 Å². The molecule has 0 aliphatic rings. The Morgan fingerprint density at radius 1 is 1.20 bits per heavy atom. The predicted octanol–water partition coefficient (Wildman–Crippen LogP) is 1.57. The first-order valence-electron chi connectivity index (χ1n) is 4.58. The van der Waals surface area contributed by atoms with Crippen LogP contribution in [0, 0.1) is 0 Å². The minimum atomic E-state index is 0.605. The van der Waals surface area contributed by atoms with Gasteiger partial charge in [0.25, 0.3) is 0 Å². The lowest BCUT2D eigenvalue weighted by Crippen LogP contribution is -2.09. The number of furan rings is 1. The zero-order chi connectivity index (χ0) is 10.5. The lowest BCUT2D eigenvalue weighted by molar-refractivity contribution is 0.518. The van der Waals surface area contributed by atoms with Crippen LogP contribution in [0.25, 0.3) is 0 Å². The number of rotatable bonds is 4. The zero-order valence-corrected chi connectivity index (χ0v) is 8.10. The number of nitrogen functional groups attached to an aromatic ring is 1. The van der Waals surface area contributed by atoms with E-state index in [0.29, 0.717) is 12.4 Å². The zero-order valence-electron chi connectivity index (χ0n) is 8.10. The van der Waals surface area contributed by atoms with Gasteiger partial charge in [-0.3, -0.25) is 0 Å². The molecule has 0 spiro atoms. The summed E-state index contributed by atoms with van der Waals surface area (Å²) in [4.78, 5) is 4.20. The number of aromatic nitrogens is 1. The first kappa shape index (κ1) is 9.54. The molecule has 0 aliphatic heterocycles. The summed E-state index contributed by atoms with van der Waals surface area (Å²) in [6, 6.07) is 9.27. The SMILES string of the molecule is NNc1cccc(NCc2ccco2)n1. The number of hydrazine groups is 1. The van der Waals surface area contributed by atoms with Crippen LogP contribution >= 0.6 is 0 Å². The number of nitrogens with two attached hydrogens (primary N) is 1. The van der Waals surface area contributed by atoms with Crippen LogP contribution in [-0.4, -0.2) is 4.98 Å². The van der Waals surface area contributed by atoms with E-state index in [1.54, 1.807) is 12.3 Å². The minimum absolute atomic E-state index is 0.605. The van der Waals surface area contributed by atoms with Gasteiger partial charge in [-0.1, -0.05) is 6.07 Å². The maximum Gasteiger partial charge on any atom is 0.142 e. The maximum absolute atomic E-state index is 5.25. The molecule has 0 saturated carbocycles. The van der Waals surface area contributed by atoms with Crippen molar-refractivity contribution >= 4 is 11.6 Å². The Balaban J connectivity index is 1.98. The second kappa shape index (κ2) is 4.47. The van der Waals surface area contributed by atoms with Gasteiger partial charge in [0.15, 0.2) is 0 Å². The molecule has 0 amide bonds. The molecule has 0 radical (unpaired) electrons. The van der Waals surface area contributed by atoms with Gasteiger partial charge < -0.3 is 15.2 Å². The lowest BCUT2D eigenvalue weighted by Gasteiger charge is -2.05. The van der Waals surface area contributed by atoms with E-state index in [4.69, 9.17) is 10.3 Å². The van der Waals surface area contributed by atoms with E-state index in [1.807, 2.05) is 24.3 Å². The highest BCUT2D eigenvalue weighted by molar-refractivity contribution is 5.44. The van der Waals surface area contributed by atoms with Crippen LogP contribution in [-0.2, 0) is 6.54 Å². The lowest BCUT2D eigenvalue weighted by atomic mass is 10.4. The van der Waals surface area contributed by atoms with E-state index in [9.17, 15) is 0 Å². The molecule has 0 aliphatic carbocycles. The Morgan fingerprint density at radius 3 is 2.80 bits per heavy atom. The molecule has 15 heavy (non-hydrogen) atoms. The second-order valence-corrected chi connectivity index (χ2v) is 2.99. The third-order valence-corrected chi connectivity index (χ3v) is 1.92. The van der Waals surface area contributed by atoms with Gasteiger partial charge >= 0.3 is 0 Å². The standard InChI is InChI=1S/C10H12N4O/c11-14-10-5-1-4-9(13-10)12-7-8-3-2-6-15-8/h1-6H,7,11H2,(H2,12,13,14). The third kappa shape index (κ3) is 2.47. The molecule has 2 rings (SSSR count). The molecular formula is C10H12N4O. The van der Waals surface area contributed by atoms with Crippen molar-refractivity contribution < 1.29 is 4.42 Å². The van der Waals surface area contributed by atoms with Crippen molar-refractivity contribution in [3.8, 4) is 0 Å². The van der Waals surface area contributed by atoms with Crippen molar-refractivity contribution in [2.45, 2.75) is 6.54 Å². The number of nitrogens with zero attached hydrogens (tertiary/aromatic N) is 1. The van der Waals surface area contributed by atoms with Gasteiger partial charge in [-0.25, -0.2) is 10.8 Å². The summed E-state index contributed by atoms with van der Waals surface area (Å²) >= 11 is 0. The summed E-state index contributed by atoms with van der Waals surface area (Å²) in [5, 5.41) is 3.12. The summed E-state index contributed by atoms with van der Waals surface area (Å²) in [5.41, 5.74) is 2.49. The number of hydrogen-bond acceptors (Lipinski definition) is 5. The van der Waals surface area contributed by atoms with Gasteiger partial charge in [0, 0.05) is 0 Å². The van der Waals surface area contributed by atoms with Gasteiger partial charge in [-0.2, -0.15) is 0 Å². The molecule has 2 aromatic rings. The van der Waals surface area contributed by atoms with Gasteiger partial charge in [-0.15, -0.1) is 0 Å². The van der Waals surface area contributed by atoms with Crippen LogP contribution in [0.2, 0.25) is 0 Å². The fourth-order valence-electron chi connectivity index (χ4n) is 1.20. The molecule has 0 saturated heterocycles. The van der Waals surface area contributed by atoms with Crippen molar-refractivity contribution in [3.63, 3.8) is 0 Å². The number of hydrogen-bond donors (Lipinski definition) is 3. The number of pyridine rings is 1.